The Morgan fingerprint density at radius 3 is 2.57 bits per heavy atom. The van der Waals surface area contributed by atoms with E-state index in [1.165, 1.54) is 12.1 Å². The number of aromatic carboxylic acids is 1. The predicted molar refractivity (Wildman–Crippen MR) is 50.1 cm³/mol. The highest BCUT2D eigenvalue weighted by Gasteiger charge is 2.16. The van der Waals surface area contributed by atoms with Crippen LogP contribution < -0.4 is 4.74 Å². The van der Waals surface area contributed by atoms with Crippen molar-refractivity contribution < 1.29 is 19.4 Å². The maximum Gasteiger partial charge on any atom is 0.337 e. The molecule has 0 atom stereocenters. The fourth-order valence-electron chi connectivity index (χ4n) is 0.854. The lowest BCUT2D eigenvalue weighted by atomic mass is 10.2. The van der Waals surface area contributed by atoms with Crippen molar-refractivity contribution in [3.8, 4) is 5.75 Å². The first-order chi connectivity index (χ1) is 6.57. The molecule has 0 fully saturated rings. The summed E-state index contributed by atoms with van der Waals surface area (Å²) >= 11 is 11.3. The molecule has 0 amide bonds. The number of carbonyl (C=O) groups is 2. The molecule has 0 unspecified atom stereocenters. The molecule has 1 aromatic carbocycles. The van der Waals surface area contributed by atoms with Gasteiger partial charge in [0.05, 0.1) is 15.6 Å². The molecule has 0 saturated heterocycles. The Balaban J connectivity index is 3.32. The second-order valence-corrected chi connectivity index (χ2v) is 3.04. The third-order valence-electron chi connectivity index (χ3n) is 1.45. The quantitative estimate of drug-likeness (QED) is 0.815. The lowest BCUT2D eigenvalue weighted by Crippen LogP contribution is -2.00. The third kappa shape index (κ3) is 1.97. The molecule has 0 aliphatic carbocycles. The van der Waals surface area contributed by atoms with Crippen LogP contribution in [0.1, 0.15) is 10.4 Å². The number of carboxylic acid groups (broad SMARTS) is 1. The van der Waals surface area contributed by atoms with Gasteiger partial charge in [0, 0.05) is 0 Å². The number of hydrogen-bond donors (Lipinski definition) is 1. The molecule has 0 radical (unpaired) electrons. The van der Waals surface area contributed by atoms with Crippen LogP contribution in [0.5, 0.6) is 5.75 Å². The van der Waals surface area contributed by atoms with Crippen LogP contribution in [0.25, 0.3) is 0 Å². The Hall–Kier alpha value is -1.26. The predicted octanol–water partition coefficient (Wildman–Crippen LogP) is 2.23. The van der Waals surface area contributed by atoms with Gasteiger partial charge in [-0.1, -0.05) is 23.2 Å². The van der Waals surface area contributed by atoms with E-state index in [2.05, 4.69) is 4.74 Å². The number of hydrogen-bond acceptors (Lipinski definition) is 3. The molecule has 0 aliphatic heterocycles. The van der Waals surface area contributed by atoms with Crippen LogP contribution in [0.15, 0.2) is 12.1 Å². The second-order valence-electron chi connectivity index (χ2n) is 2.26. The minimum absolute atomic E-state index is 0.0760. The summed E-state index contributed by atoms with van der Waals surface area (Å²) in [6.45, 7) is 0.124. The van der Waals surface area contributed by atoms with E-state index in [9.17, 15) is 9.59 Å². The molecule has 14 heavy (non-hydrogen) atoms. The van der Waals surface area contributed by atoms with Gasteiger partial charge in [0.15, 0.2) is 5.75 Å². The van der Waals surface area contributed by atoms with Crippen molar-refractivity contribution in [3.63, 3.8) is 0 Å². The average molecular weight is 235 g/mol. The first-order valence-corrected chi connectivity index (χ1v) is 4.15. The van der Waals surface area contributed by atoms with E-state index in [1.807, 2.05) is 0 Å². The molecule has 0 bridgehead atoms. The Morgan fingerprint density at radius 2 is 2.07 bits per heavy atom. The van der Waals surface area contributed by atoms with Crippen molar-refractivity contribution in [1.82, 2.24) is 0 Å². The molecule has 74 valence electrons. The first kappa shape index (κ1) is 10.8. The van der Waals surface area contributed by atoms with Crippen molar-refractivity contribution in [1.29, 1.82) is 0 Å². The van der Waals surface area contributed by atoms with Crippen molar-refractivity contribution in [2.24, 2.45) is 0 Å². The molecule has 1 aromatic rings. The van der Waals surface area contributed by atoms with Crippen LogP contribution in [0.4, 0.5) is 0 Å². The average Bonchev–Trinajstić information content (AvgIpc) is 2.11. The summed E-state index contributed by atoms with van der Waals surface area (Å²) in [5.41, 5.74) is -0.173. The van der Waals surface area contributed by atoms with Gasteiger partial charge in [0.1, 0.15) is 0 Å². The highest BCUT2D eigenvalue weighted by atomic mass is 35.5. The zero-order chi connectivity index (χ0) is 10.7. The van der Waals surface area contributed by atoms with Crippen LogP contribution in [0.3, 0.4) is 0 Å². The van der Waals surface area contributed by atoms with Gasteiger partial charge in [0.2, 0.25) is 0 Å². The summed E-state index contributed by atoms with van der Waals surface area (Å²) in [7, 11) is 0. The van der Waals surface area contributed by atoms with Gasteiger partial charge < -0.3 is 9.84 Å². The van der Waals surface area contributed by atoms with Crippen molar-refractivity contribution in [3.05, 3.63) is 27.7 Å². The number of rotatable bonds is 3. The molecule has 6 heteroatoms. The molecule has 1 rings (SSSR count). The molecule has 0 aromatic heterocycles. The smallest absolute Gasteiger partial charge is 0.337 e. The van der Waals surface area contributed by atoms with Gasteiger partial charge in [-0.15, -0.1) is 0 Å². The molecule has 1 N–H and O–H groups in total. The summed E-state index contributed by atoms with van der Waals surface area (Å²) in [5.74, 6) is -1.37. The van der Waals surface area contributed by atoms with E-state index in [0.717, 1.165) is 0 Å². The summed E-state index contributed by atoms with van der Waals surface area (Å²) < 4.78 is 4.45. The summed E-state index contributed by atoms with van der Waals surface area (Å²) in [5, 5.41) is 8.56. The molecule has 0 spiro atoms. The van der Waals surface area contributed by atoms with Gasteiger partial charge >= 0.3 is 5.97 Å². The SMILES string of the molecule is O=COc1c(Cl)ccc(C(=O)O)c1Cl. The maximum atomic E-state index is 10.6. The second kappa shape index (κ2) is 4.30. The maximum absolute atomic E-state index is 10.6. The molecular formula is C8H4Cl2O4. The topological polar surface area (TPSA) is 63.6 Å². The minimum atomic E-state index is -1.22. The molecule has 4 nitrogen and oxygen atoms in total. The van der Waals surface area contributed by atoms with E-state index in [1.54, 1.807) is 0 Å². The number of ether oxygens (including phenoxy) is 1. The molecule has 0 saturated carbocycles. The Bertz CT molecular complexity index is 389. The molecular weight excluding hydrogens is 231 g/mol. The van der Waals surface area contributed by atoms with Crippen molar-refractivity contribution in [2.45, 2.75) is 0 Å². The lowest BCUT2D eigenvalue weighted by Gasteiger charge is -2.05. The van der Waals surface area contributed by atoms with E-state index >= 15 is 0 Å². The van der Waals surface area contributed by atoms with Crippen LogP contribution in [-0.4, -0.2) is 17.5 Å². The standard InChI is InChI=1S/C8H4Cl2O4/c9-5-2-1-4(8(12)13)6(10)7(5)14-3-11/h1-3H,(H,12,13). The van der Waals surface area contributed by atoms with Crippen LogP contribution in [0.2, 0.25) is 10.0 Å². The highest BCUT2D eigenvalue weighted by molar-refractivity contribution is 6.39. The molecule has 0 heterocycles. The van der Waals surface area contributed by atoms with Crippen LogP contribution in [-0.2, 0) is 4.79 Å². The number of halogens is 2. The van der Waals surface area contributed by atoms with Gasteiger partial charge in [-0.3, -0.25) is 4.79 Å². The minimum Gasteiger partial charge on any atom is -0.478 e. The highest BCUT2D eigenvalue weighted by Crippen LogP contribution is 2.35. The van der Waals surface area contributed by atoms with Gasteiger partial charge in [-0.2, -0.15) is 0 Å². The van der Waals surface area contributed by atoms with Crippen LogP contribution >= 0.6 is 23.2 Å². The lowest BCUT2D eigenvalue weighted by molar-refractivity contribution is -0.120. The zero-order valence-electron chi connectivity index (χ0n) is 6.66. The Labute approximate surface area is 89.0 Å². The third-order valence-corrected chi connectivity index (χ3v) is 2.12. The fraction of sp³-hybridized carbons (Fsp3) is 0. The van der Waals surface area contributed by atoms with E-state index in [0.29, 0.717) is 0 Å². The van der Waals surface area contributed by atoms with Crippen molar-refractivity contribution in [2.75, 3.05) is 0 Å². The van der Waals surface area contributed by atoms with Crippen LogP contribution in [0, 0.1) is 0 Å². The van der Waals surface area contributed by atoms with Gasteiger partial charge in [0.25, 0.3) is 6.47 Å². The fourth-order valence-corrected chi connectivity index (χ4v) is 1.39. The van der Waals surface area contributed by atoms with Crippen molar-refractivity contribution >= 4 is 35.6 Å². The summed E-state index contributed by atoms with van der Waals surface area (Å²) in [4.78, 5) is 20.7. The zero-order valence-corrected chi connectivity index (χ0v) is 8.17. The normalized spacial score (nSPS) is 9.57. The van der Waals surface area contributed by atoms with E-state index in [4.69, 9.17) is 28.3 Å². The van der Waals surface area contributed by atoms with E-state index < -0.39 is 5.97 Å². The first-order valence-electron chi connectivity index (χ1n) is 3.39. The number of carboxylic acids is 1. The van der Waals surface area contributed by atoms with Gasteiger partial charge in [-0.25, -0.2) is 4.79 Å². The number of benzene rings is 1. The summed E-state index contributed by atoms with van der Waals surface area (Å²) in [6.07, 6.45) is 0. The van der Waals surface area contributed by atoms with E-state index in [-0.39, 0.29) is 27.8 Å². The van der Waals surface area contributed by atoms with Gasteiger partial charge in [-0.05, 0) is 12.1 Å². The monoisotopic (exact) mass is 234 g/mol. The Kier molecular flexibility index (Phi) is 3.33. The summed E-state index contributed by atoms with van der Waals surface area (Å²) in [6, 6.07) is 2.51. The largest absolute Gasteiger partial charge is 0.478 e. The number of carbonyl (C=O) groups excluding carboxylic acids is 1. The Morgan fingerprint density at radius 1 is 1.43 bits per heavy atom. The molecule has 0 aliphatic rings.